The number of halogens is 2. The summed E-state index contributed by atoms with van der Waals surface area (Å²) >= 11 is 0. The Kier molecular flexibility index (Phi) is 9.52. The molecule has 3 rings (SSSR count). The number of ether oxygens (including phenoxy) is 3. The number of esters is 1. The third kappa shape index (κ3) is 7.10. The number of hydrogen-bond acceptors (Lipinski definition) is 9. The van der Waals surface area contributed by atoms with Crippen LogP contribution in [0.25, 0.3) is 11.1 Å². The summed E-state index contributed by atoms with van der Waals surface area (Å²) in [7, 11) is 0. The second-order valence-corrected chi connectivity index (χ2v) is 8.60. The maximum Gasteiger partial charge on any atom is 0.326 e. The summed E-state index contributed by atoms with van der Waals surface area (Å²) in [5.74, 6) is -8.45. The van der Waals surface area contributed by atoms with Gasteiger partial charge in [0.2, 0.25) is 0 Å². The van der Waals surface area contributed by atoms with Gasteiger partial charge < -0.3 is 36.7 Å². The van der Waals surface area contributed by atoms with E-state index in [0.29, 0.717) is 5.56 Å². The van der Waals surface area contributed by atoms with Crippen LogP contribution in [-0.2, 0) is 36.2 Å². The molecule has 12 nitrogen and oxygen atoms in total. The zero-order valence-electron chi connectivity index (χ0n) is 22.1. The Hall–Kier alpha value is -5.11. The molecule has 0 radical (unpaired) electrons. The Bertz CT molecular complexity index is 1460. The van der Waals surface area contributed by atoms with Crippen molar-refractivity contribution in [1.82, 2.24) is 10.3 Å². The standard InChI is InChI=1S/C27H28F2N6O6/c1-3-40-27(41-14(2)36,24-19(28)8-18(9-20(24)29)16-6-7-22(30)34-11-16)26(38)35-12-17-5-4-15(25(32)33)10-21(17)39-13-23(31)37/h4-11H,3,12-13H2,1-2H3,(H2,30,34)(H2,31,37)(H3,32,33)(H,35,38)/t27-/m0/s1. The second-order valence-electron chi connectivity index (χ2n) is 8.60. The van der Waals surface area contributed by atoms with E-state index in [1.807, 2.05) is 0 Å². The molecule has 2 aromatic carbocycles. The first-order chi connectivity index (χ1) is 19.4. The average Bonchev–Trinajstić information content (AvgIpc) is 2.90. The van der Waals surface area contributed by atoms with Crippen molar-refractivity contribution in [3.63, 3.8) is 0 Å². The van der Waals surface area contributed by atoms with E-state index >= 15 is 8.78 Å². The van der Waals surface area contributed by atoms with Gasteiger partial charge >= 0.3 is 11.8 Å². The van der Waals surface area contributed by atoms with Gasteiger partial charge in [0.25, 0.3) is 11.8 Å². The minimum Gasteiger partial charge on any atom is -0.483 e. The lowest BCUT2D eigenvalue weighted by Crippen LogP contribution is -2.50. The Balaban J connectivity index is 2.04. The predicted molar refractivity (Wildman–Crippen MR) is 143 cm³/mol. The highest BCUT2D eigenvalue weighted by Crippen LogP contribution is 2.36. The molecule has 8 N–H and O–H groups in total. The summed E-state index contributed by atoms with van der Waals surface area (Å²) in [6, 6.07) is 9.06. The molecule has 1 heterocycles. The van der Waals surface area contributed by atoms with Gasteiger partial charge in [-0.3, -0.25) is 19.8 Å². The number of amidine groups is 1. The van der Waals surface area contributed by atoms with Crippen molar-refractivity contribution in [2.24, 2.45) is 11.5 Å². The van der Waals surface area contributed by atoms with Crippen molar-refractivity contribution in [2.75, 3.05) is 18.9 Å². The molecule has 216 valence electrons. The van der Waals surface area contributed by atoms with Crippen molar-refractivity contribution in [2.45, 2.75) is 26.2 Å². The van der Waals surface area contributed by atoms with Gasteiger partial charge in [0, 0.05) is 43.0 Å². The number of hydrogen-bond donors (Lipinski definition) is 5. The normalized spacial score (nSPS) is 12.2. The number of nitrogens with two attached hydrogens (primary N) is 3. The number of carbonyl (C=O) groups excluding carboxylic acids is 3. The van der Waals surface area contributed by atoms with Crippen molar-refractivity contribution in [1.29, 1.82) is 5.41 Å². The number of carbonyl (C=O) groups is 3. The number of primary amides is 1. The number of pyridine rings is 1. The number of amides is 2. The molecule has 0 fully saturated rings. The summed E-state index contributed by atoms with van der Waals surface area (Å²) in [6.07, 6.45) is 1.31. The molecule has 3 aromatic rings. The van der Waals surface area contributed by atoms with Crippen LogP contribution < -0.4 is 27.3 Å². The molecule has 1 atom stereocenters. The minimum atomic E-state index is -2.86. The SMILES string of the molecule is CCO[C@@](OC(C)=O)(C(=O)NCc1ccc(C(=N)N)cc1OCC(N)=O)c1c(F)cc(-c2ccc(N)nc2)cc1F. The Morgan fingerprint density at radius 2 is 1.73 bits per heavy atom. The van der Waals surface area contributed by atoms with Crippen molar-refractivity contribution in [3.05, 3.63) is 77.0 Å². The summed E-state index contributed by atoms with van der Waals surface area (Å²) in [6.45, 7) is 1.22. The maximum atomic E-state index is 15.6. The molecular formula is C27H28F2N6O6. The Morgan fingerprint density at radius 3 is 2.27 bits per heavy atom. The molecule has 41 heavy (non-hydrogen) atoms. The highest BCUT2D eigenvalue weighted by atomic mass is 19.1. The van der Waals surface area contributed by atoms with Crippen LogP contribution in [0.15, 0.2) is 48.7 Å². The van der Waals surface area contributed by atoms with Crippen LogP contribution in [0.1, 0.15) is 30.5 Å². The van der Waals surface area contributed by atoms with E-state index in [0.717, 1.165) is 19.1 Å². The third-order valence-corrected chi connectivity index (χ3v) is 5.61. The van der Waals surface area contributed by atoms with Crippen molar-refractivity contribution < 1.29 is 37.4 Å². The van der Waals surface area contributed by atoms with Gasteiger partial charge in [0.1, 0.15) is 34.6 Å². The molecule has 2 amide bonds. The number of nitrogens with zero attached hydrogens (tertiary/aromatic N) is 1. The van der Waals surface area contributed by atoms with Crippen LogP contribution >= 0.6 is 0 Å². The molecule has 1 aromatic heterocycles. The molecule has 0 aliphatic heterocycles. The van der Waals surface area contributed by atoms with Gasteiger partial charge in [0.05, 0.1) is 0 Å². The fourth-order valence-corrected chi connectivity index (χ4v) is 3.86. The van der Waals surface area contributed by atoms with Gasteiger partial charge in [-0.1, -0.05) is 12.1 Å². The first kappa shape index (κ1) is 30.4. The highest BCUT2D eigenvalue weighted by molar-refractivity contribution is 5.95. The fraction of sp³-hybridized carbons (Fsp3) is 0.222. The largest absolute Gasteiger partial charge is 0.483 e. The van der Waals surface area contributed by atoms with Crippen molar-refractivity contribution >= 4 is 29.4 Å². The Labute approximate surface area is 233 Å². The molecule has 0 saturated carbocycles. The Morgan fingerprint density at radius 1 is 1.05 bits per heavy atom. The third-order valence-electron chi connectivity index (χ3n) is 5.61. The van der Waals surface area contributed by atoms with Gasteiger partial charge in [-0.25, -0.2) is 13.8 Å². The number of nitrogen functional groups attached to an aromatic ring is 2. The molecular weight excluding hydrogens is 542 g/mol. The van der Waals surface area contributed by atoms with Gasteiger partial charge in [-0.2, -0.15) is 0 Å². The average molecular weight is 571 g/mol. The van der Waals surface area contributed by atoms with E-state index in [-0.39, 0.29) is 47.2 Å². The van der Waals surface area contributed by atoms with E-state index in [2.05, 4.69) is 10.3 Å². The van der Waals surface area contributed by atoms with E-state index in [9.17, 15) is 14.4 Å². The van der Waals surface area contributed by atoms with Crippen LogP contribution in [0.3, 0.4) is 0 Å². The van der Waals surface area contributed by atoms with Crippen LogP contribution in [0, 0.1) is 17.0 Å². The quantitative estimate of drug-likeness (QED) is 0.0930. The number of rotatable bonds is 12. The maximum absolute atomic E-state index is 15.6. The lowest BCUT2D eigenvalue weighted by Gasteiger charge is -2.32. The molecule has 0 aliphatic carbocycles. The topological polar surface area (TPSA) is 206 Å². The summed E-state index contributed by atoms with van der Waals surface area (Å²) in [5.41, 5.74) is 16.2. The van der Waals surface area contributed by atoms with Crippen LogP contribution in [-0.4, -0.2) is 41.8 Å². The highest BCUT2D eigenvalue weighted by Gasteiger charge is 2.49. The lowest BCUT2D eigenvalue weighted by molar-refractivity contribution is -0.233. The van der Waals surface area contributed by atoms with Crippen molar-refractivity contribution in [3.8, 4) is 16.9 Å². The number of aromatic nitrogens is 1. The van der Waals surface area contributed by atoms with E-state index in [4.69, 9.17) is 36.8 Å². The number of anilines is 1. The molecule has 0 bridgehead atoms. The van der Waals surface area contributed by atoms with Gasteiger partial charge in [-0.05, 0) is 42.8 Å². The molecule has 0 aliphatic rings. The van der Waals surface area contributed by atoms with E-state index in [1.54, 1.807) is 0 Å². The fourth-order valence-electron chi connectivity index (χ4n) is 3.86. The van der Waals surface area contributed by atoms with Crippen LogP contribution in [0.2, 0.25) is 0 Å². The first-order valence-corrected chi connectivity index (χ1v) is 12.1. The smallest absolute Gasteiger partial charge is 0.326 e. The van der Waals surface area contributed by atoms with Crippen LogP contribution in [0.5, 0.6) is 5.75 Å². The first-order valence-electron chi connectivity index (χ1n) is 12.1. The van der Waals surface area contributed by atoms with Crippen LogP contribution in [0.4, 0.5) is 14.6 Å². The zero-order valence-corrected chi connectivity index (χ0v) is 22.1. The summed E-state index contributed by atoms with van der Waals surface area (Å²) < 4.78 is 47.2. The predicted octanol–water partition coefficient (Wildman–Crippen LogP) is 1.83. The zero-order chi connectivity index (χ0) is 30.3. The van der Waals surface area contributed by atoms with E-state index < -0.39 is 47.4 Å². The molecule has 0 unspecified atom stereocenters. The summed E-state index contributed by atoms with van der Waals surface area (Å²) in [5, 5.41) is 10.0. The van der Waals surface area contributed by atoms with Gasteiger partial charge in [-0.15, -0.1) is 0 Å². The monoisotopic (exact) mass is 570 g/mol. The van der Waals surface area contributed by atoms with E-state index in [1.165, 1.54) is 43.5 Å². The minimum absolute atomic E-state index is 0.0464. The number of nitrogens with one attached hydrogen (secondary N) is 2. The lowest BCUT2D eigenvalue weighted by atomic mass is 9.98. The molecule has 0 saturated heterocycles. The number of benzene rings is 2. The second kappa shape index (κ2) is 12.8. The van der Waals surface area contributed by atoms with Gasteiger partial charge in [0.15, 0.2) is 6.61 Å². The summed E-state index contributed by atoms with van der Waals surface area (Å²) in [4.78, 5) is 40.8. The molecule has 0 spiro atoms. The molecule has 14 heteroatoms.